The summed E-state index contributed by atoms with van der Waals surface area (Å²) in [6, 6.07) is 4.99. The minimum absolute atomic E-state index is 0.0137. The van der Waals surface area contributed by atoms with Crippen molar-refractivity contribution in [2.45, 2.75) is 75.4 Å². The molecule has 5 rings (SSSR count). The van der Waals surface area contributed by atoms with E-state index in [9.17, 15) is 18.0 Å². The summed E-state index contributed by atoms with van der Waals surface area (Å²) < 4.78 is 29.7. The highest BCUT2D eigenvalue weighted by molar-refractivity contribution is 7.99. The van der Waals surface area contributed by atoms with Gasteiger partial charge < -0.3 is 5.32 Å². The number of fused-ring (bicyclic) bond motifs is 3. The van der Waals surface area contributed by atoms with E-state index in [2.05, 4.69) is 5.32 Å². The number of hydrogen-bond acceptors (Lipinski definition) is 7. The molecule has 0 radical (unpaired) electrons. The van der Waals surface area contributed by atoms with Gasteiger partial charge in [-0.2, -0.15) is 4.31 Å². The smallest absolute Gasteiger partial charge is 0.263 e. The first-order valence-electron chi connectivity index (χ1n) is 12.9. The molecule has 1 aliphatic carbocycles. The van der Waals surface area contributed by atoms with Crippen LogP contribution in [-0.4, -0.2) is 47.0 Å². The monoisotopic (exact) mass is 560 g/mol. The Labute approximate surface area is 225 Å². The first-order chi connectivity index (χ1) is 17.8. The first kappa shape index (κ1) is 26.4. The third-order valence-electron chi connectivity index (χ3n) is 6.97. The summed E-state index contributed by atoms with van der Waals surface area (Å²) in [6.07, 6.45) is 6.57. The lowest BCUT2D eigenvalue weighted by Crippen LogP contribution is -2.36. The Balaban J connectivity index is 1.33. The highest BCUT2D eigenvalue weighted by Gasteiger charge is 2.28. The van der Waals surface area contributed by atoms with Crippen LogP contribution in [-0.2, 0) is 34.2 Å². The van der Waals surface area contributed by atoms with E-state index in [-0.39, 0.29) is 22.1 Å². The SMILES string of the molecule is CCCn1c(SCC(=O)Nc2ccc(C)c(S(=O)(=O)N3CCCCC3)c2)nc2sc3c(c2c1=O)CCC3. The Morgan fingerprint density at radius 3 is 2.70 bits per heavy atom. The maximum Gasteiger partial charge on any atom is 0.263 e. The second kappa shape index (κ2) is 10.9. The number of nitrogens with one attached hydrogen (secondary N) is 1. The second-order valence-electron chi connectivity index (χ2n) is 9.67. The molecule has 1 fully saturated rings. The third kappa shape index (κ3) is 5.23. The number of rotatable bonds is 8. The predicted molar refractivity (Wildman–Crippen MR) is 149 cm³/mol. The van der Waals surface area contributed by atoms with Gasteiger partial charge in [0.15, 0.2) is 5.16 Å². The van der Waals surface area contributed by atoms with Crippen LogP contribution in [0.1, 0.15) is 55.0 Å². The van der Waals surface area contributed by atoms with Crippen LogP contribution < -0.4 is 10.9 Å². The molecular formula is C26H32N4O4S3. The van der Waals surface area contributed by atoms with Crippen molar-refractivity contribution in [1.29, 1.82) is 0 Å². The molecule has 0 saturated carbocycles. The van der Waals surface area contributed by atoms with E-state index in [0.29, 0.717) is 36.0 Å². The molecule has 1 saturated heterocycles. The molecule has 3 aromatic rings. The Hall–Kier alpha value is -2.21. The summed E-state index contributed by atoms with van der Waals surface area (Å²) in [5, 5.41) is 4.13. The minimum Gasteiger partial charge on any atom is -0.325 e. The number of benzene rings is 1. The highest BCUT2D eigenvalue weighted by Crippen LogP contribution is 2.35. The minimum atomic E-state index is -3.61. The molecule has 2 aromatic heterocycles. The lowest BCUT2D eigenvalue weighted by Gasteiger charge is -2.26. The fourth-order valence-electron chi connectivity index (χ4n) is 5.12. The molecule has 8 nitrogen and oxygen atoms in total. The van der Waals surface area contributed by atoms with Gasteiger partial charge in [-0.15, -0.1) is 11.3 Å². The molecule has 1 aromatic carbocycles. The van der Waals surface area contributed by atoms with E-state index in [1.165, 1.54) is 20.9 Å². The number of anilines is 1. The standard InChI is InChI=1S/C26H32N4O4S3/c1-3-12-30-25(32)23-19-8-7-9-20(19)36-24(23)28-26(30)35-16-22(31)27-18-11-10-17(2)21(15-18)37(33,34)29-13-5-4-6-14-29/h10-11,15H,3-9,12-14,16H2,1-2H3,(H,27,31). The van der Waals surface area contributed by atoms with Gasteiger partial charge in [-0.05, 0) is 68.7 Å². The van der Waals surface area contributed by atoms with Gasteiger partial charge in [0, 0.05) is 30.2 Å². The predicted octanol–water partition coefficient (Wildman–Crippen LogP) is 4.57. The molecule has 3 heterocycles. The number of thioether (sulfide) groups is 1. The zero-order valence-electron chi connectivity index (χ0n) is 21.2. The van der Waals surface area contributed by atoms with Crippen LogP contribution in [0.4, 0.5) is 5.69 Å². The van der Waals surface area contributed by atoms with Crippen LogP contribution in [0.5, 0.6) is 0 Å². The van der Waals surface area contributed by atoms with E-state index >= 15 is 0 Å². The van der Waals surface area contributed by atoms with E-state index in [1.807, 2.05) is 6.92 Å². The molecule has 0 atom stereocenters. The Kier molecular flexibility index (Phi) is 7.76. The molecule has 198 valence electrons. The molecule has 1 aliphatic heterocycles. The van der Waals surface area contributed by atoms with Gasteiger partial charge in [0.2, 0.25) is 15.9 Å². The normalized spacial score (nSPS) is 16.3. The fourth-order valence-corrected chi connectivity index (χ4v) is 9.01. The molecule has 0 bridgehead atoms. The molecular weight excluding hydrogens is 529 g/mol. The highest BCUT2D eigenvalue weighted by atomic mass is 32.2. The molecule has 0 unspecified atom stereocenters. The molecule has 11 heteroatoms. The molecule has 1 amide bonds. The molecule has 2 aliphatic rings. The van der Waals surface area contributed by atoms with Crippen molar-refractivity contribution in [2.75, 3.05) is 24.2 Å². The van der Waals surface area contributed by atoms with Crippen molar-refractivity contribution >= 4 is 54.9 Å². The molecule has 1 N–H and O–H groups in total. The van der Waals surface area contributed by atoms with Crippen LogP contribution in [0.2, 0.25) is 0 Å². The van der Waals surface area contributed by atoms with Gasteiger partial charge in [-0.25, -0.2) is 13.4 Å². The number of thiophene rings is 1. The number of aryl methyl sites for hydroxylation is 3. The van der Waals surface area contributed by atoms with Crippen LogP contribution in [0, 0.1) is 6.92 Å². The van der Waals surface area contributed by atoms with Crippen molar-refractivity contribution in [3.8, 4) is 0 Å². The molecule has 37 heavy (non-hydrogen) atoms. The number of carbonyl (C=O) groups is 1. The number of carbonyl (C=O) groups excluding carboxylic acids is 1. The van der Waals surface area contributed by atoms with E-state index in [4.69, 9.17) is 4.98 Å². The Morgan fingerprint density at radius 2 is 1.95 bits per heavy atom. The van der Waals surface area contributed by atoms with Crippen molar-refractivity contribution in [3.63, 3.8) is 0 Å². The lowest BCUT2D eigenvalue weighted by atomic mass is 10.2. The summed E-state index contributed by atoms with van der Waals surface area (Å²) in [6.45, 7) is 5.39. The summed E-state index contributed by atoms with van der Waals surface area (Å²) in [4.78, 5) is 33.2. The van der Waals surface area contributed by atoms with E-state index in [1.54, 1.807) is 41.0 Å². The van der Waals surface area contributed by atoms with Gasteiger partial charge in [-0.1, -0.05) is 31.2 Å². The van der Waals surface area contributed by atoms with Crippen molar-refractivity contribution in [2.24, 2.45) is 0 Å². The third-order valence-corrected chi connectivity index (χ3v) is 11.2. The molecule has 0 spiro atoms. The maximum atomic E-state index is 13.3. The van der Waals surface area contributed by atoms with Crippen molar-refractivity contribution in [3.05, 3.63) is 44.6 Å². The van der Waals surface area contributed by atoms with Gasteiger partial charge in [0.05, 0.1) is 16.0 Å². The Bertz CT molecular complexity index is 1500. The second-order valence-corrected chi connectivity index (χ2v) is 13.6. The number of nitrogens with zero attached hydrogens (tertiary/aromatic N) is 3. The number of aromatic nitrogens is 2. The van der Waals surface area contributed by atoms with Crippen LogP contribution in [0.15, 0.2) is 33.0 Å². The Morgan fingerprint density at radius 1 is 1.16 bits per heavy atom. The number of hydrogen-bond donors (Lipinski definition) is 1. The van der Waals surface area contributed by atoms with Crippen molar-refractivity contribution < 1.29 is 13.2 Å². The topological polar surface area (TPSA) is 101 Å². The van der Waals surface area contributed by atoms with E-state index in [0.717, 1.165) is 60.7 Å². The van der Waals surface area contributed by atoms with Crippen molar-refractivity contribution in [1.82, 2.24) is 13.9 Å². The van der Waals surface area contributed by atoms with Gasteiger partial charge >= 0.3 is 0 Å². The number of sulfonamides is 1. The zero-order chi connectivity index (χ0) is 26.2. The lowest BCUT2D eigenvalue weighted by molar-refractivity contribution is -0.113. The summed E-state index contributed by atoms with van der Waals surface area (Å²) in [5.74, 6) is -0.212. The van der Waals surface area contributed by atoms with Crippen LogP contribution in [0.25, 0.3) is 10.2 Å². The number of amides is 1. The maximum absolute atomic E-state index is 13.3. The quantitative estimate of drug-likeness (QED) is 0.320. The summed E-state index contributed by atoms with van der Waals surface area (Å²) in [7, 11) is -3.61. The average molecular weight is 561 g/mol. The largest absolute Gasteiger partial charge is 0.325 e. The van der Waals surface area contributed by atoms with Gasteiger partial charge in [0.25, 0.3) is 5.56 Å². The van der Waals surface area contributed by atoms with Crippen LogP contribution >= 0.6 is 23.1 Å². The summed E-state index contributed by atoms with van der Waals surface area (Å²) >= 11 is 2.84. The number of piperidine rings is 1. The zero-order valence-corrected chi connectivity index (χ0v) is 23.7. The van der Waals surface area contributed by atoms with Gasteiger partial charge in [-0.3, -0.25) is 14.2 Å². The summed E-state index contributed by atoms with van der Waals surface area (Å²) in [5.41, 5.74) is 2.24. The average Bonchev–Trinajstić information content (AvgIpc) is 3.47. The van der Waals surface area contributed by atoms with Crippen LogP contribution in [0.3, 0.4) is 0 Å². The van der Waals surface area contributed by atoms with E-state index < -0.39 is 10.0 Å². The first-order valence-corrected chi connectivity index (χ1v) is 16.1. The fraction of sp³-hybridized carbons (Fsp3) is 0.500. The van der Waals surface area contributed by atoms with Gasteiger partial charge in [0.1, 0.15) is 4.83 Å².